The number of benzene rings is 1. The van der Waals surface area contributed by atoms with E-state index in [1.807, 2.05) is 0 Å². The van der Waals surface area contributed by atoms with Gasteiger partial charge in [0.25, 0.3) is 5.91 Å². The molecule has 0 aliphatic carbocycles. The fourth-order valence-electron chi connectivity index (χ4n) is 1.58. The Morgan fingerprint density at radius 2 is 1.90 bits per heavy atom. The second-order valence-corrected chi connectivity index (χ2v) is 4.38. The van der Waals surface area contributed by atoms with Gasteiger partial charge in [-0.2, -0.15) is 4.39 Å². The fourth-order valence-corrected chi connectivity index (χ4v) is 1.86. The van der Waals surface area contributed by atoms with Crippen LogP contribution in [0.1, 0.15) is 20.7 Å². The minimum atomic E-state index is -1.37. The molecule has 1 aromatic heterocycles. The third kappa shape index (κ3) is 3.14. The van der Waals surface area contributed by atoms with E-state index in [0.717, 1.165) is 12.3 Å². The van der Waals surface area contributed by atoms with Crippen LogP contribution in [-0.2, 0) is 0 Å². The second kappa shape index (κ2) is 5.84. The van der Waals surface area contributed by atoms with Crippen molar-refractivity contribution >= 4 is 29.1 Å². The molecule has 1 aromatic carbocycles. The minimum Gasteiger partial charge on any atom is -0.366 e. The number of aromatic nitrogens is 1. The molecule has 2 rings (SSSR count). The SMILES string of the molecule is NC(=O)c1ccc(NC(=O)c2ccnc(F)c2F)cc1Cl. The summed E-state index contributed by atoms with van der Waals surface area (Å²) >= 11 is 5.81. The van der Waals surface area contributed by atoms with Gasteiger partial charge < -0.3 is 11.1 Å². The highest BCUT2D eigenvalue weighted by molar-refractivity contribution is 6.34. The maximum Gasteiger partial charge on any atom is 0.258 e. The van der Waals surface area contributed by atoms with Gasteiger partial charge >= 0.3 is 0 Å². The Balaban J connectivity index is 2.26. The molecule has 5 nitrogen and oxygen atoms in total. The molecule has 8 heteroatoms. The van der Waals surface area contributed by atoms with Crippen LogP contribution in [0.15, 0.2) is 30.5 Å². The minimum absolute atomic E-state index is 0.0293. The van der Waals surface area contributed by atoms with E-state index in [-0.39, 0.29) is 16.3 Å². The number of hydrogen-bond donors (Lipinski definition) is 2. The molecule has 0 fully saturated rings. The normalized spacial score (nSPS) is 10.2. The summed E-state index contributed by atoms with van der Waals surface area (Å²) in [6.07, 6.45) is 0.969. The van der Waals surface area contributed by atoms with E-state index in [1.165, 1.54) is 18.2 Å². The largest absolute Gasteiger partial charge is 0.366 e. The molecule has 0 atom stereocenters. The first-order valence-electron chi connectivity index (χ1n) is 5.61. The molecule has 0 spiro atoms. The Hall–Kier alpha value is -2.54. The number of carbonyl (C=O) groups excluding carboxylic acids is 2. The summed E-state index contributed by atoms with van der Waals surface area (Å²) in [5, 5.41) is 2.35. The van der Waals surface area contributed by atoms with Crippen LogP contribution in [0.25, 0.3) is 0 Å². The molecule has 2 aromatic rings. The summed E-state index contributed by atoms with van der Waals surface area (Å²) < 4.78 is 26.4. The maximum atomic E-state index is 13.4. The molecule has 3 N–H and O–H groups in total. The predicted octanol–water partition coefficient (Wildman–Crippen LogP) is 2.36. The maximum absolute atomic E-state index is 13.4. The Bertz CT molecular complexity index is 737. The lowest BCUT2D eigenvalue weighted by molar-refractivity contribution is 0.0998. The van der Waals surface area contributed by atoms with Crippen LogP contribution in [0.5, 0.6) is 0 Å². The molecular weight excluding hydrogens is 304 g/mol. The van der Waals surface area contributed by atoms with Gasteiger partial charge in [-0.25, -0.2) is 9.37 Å². The number of nitrogens with two attached hydrogens (primary N) is 1. The van der Waals surface area contributed by atoms with Crippen LogP contribution >= 0.6 is 11.6 Å². The fraction of sp³-hybridized carbons (Fsp3) is 0. The zero-order valence-electron chi connectivity index (χ0n) is 10.4. The number of nitrogens with one attached hydrogen (secondary N) is 1. The van der Waals surface area contributed by atoms with Gasteiger partial charge in [0.15, 0.2) is 5.82 Å². The summed E-state index contributed by atoms with van der Waals surface area (Å²) in [5.41, 5.74) is 4.86. The van der Waals surface area contributed by atoms with Gasteiger partial charge in [0.05, 0.1) is 16.1 Å². The first-order valence-corrected chi connectivity index (χ1v) is 5.98. The van der Waals surface area contributed by atoms with E-state index in [4.69, 9.17) is 17.3 Å². The number of anilines is 1. The average molecular weight is 312 g/mol. The molecule has 0 unspecified atom stereocenters. The van der Waals surface area contributed by atoms with Crippen LogP contribution in [-0.4, -0.2) is 16.8 Å². The molecule has 1 heterocycles. The van der Waals surface area contributed by atoms with Gasteiger partial charge in [-0.15, -0.1) is 0 Å². The van der Waals surface area contributed by atoms with Gasteiger partial charge in [0.1, 0.15) is 0 Å². The number of rotatable bonds is 3. The van der Waals surface area contributed by atoms with E-state index in [1.54, 1.807) is 0 Å². The molecule has 0 aliphatic heterocycles. The van der Waals surface area contributed by atoms with Crippen molar-refractivity contribution in [1.82, 2.24) is 4.98 Å². The van der Waals surface area contributed by atoms with Crippen molar-refractivity contribution in [2.24, 2.45) is 5.73 Å². The highest BCUT2D eigenvalue weighted by Gasteiger charge is 2.17. The third-order valence-corrected chi connectivity index (χ3v) is 2.90. The predicted molar refractivity (Wildman–Crippen MR) is 72.1 cm³/mol. The Morgan fingerprint density at radius 1 is 1.19 bits per heavy atom. The topological polar surface area (TPSA) is 85.1 Å². The molecular formula is C13H8ClF2N3O2. The molecule has 0 saturated carbocycles. The highest BCUT2D eigenvalue weighted by Crippen LogP contribution is 2.21. The number of carbonyl (C=O) groups is 2. The van der Waals surface area contributed by atoms with E-state index in [2.05, 4.69) is 10.3 Å². The summed E-state index contributed by atoms with van der Waals surface area (Å²) in [4.78, 5) is 25.9. The van der Waals surface area contributed by atoms with Crippen molar-refractivity contribution in [3.05, 3.63) is 58.4 Å². The number of halogens is 3. The first-order chi connectivity index (χ1) is 9.90. The Morgan fingerprint density at radius 3 is 2.52 bits per heavy atom. The van der Waals surface area contributed by atoms with Crippen molar-refractivity contribution in [2.75, 3.05) is 5.32 Å². The second-order valence-electron chi connectivity index (χ2n) is 3.98. The lowest BCUT2D eigenvalue weighted by Gasteiger charge is -2.08. The quantitative estimate of drug-likeness (QED) is 0.853. The van der Waals surface area contributed by atoms with Crippen LogP contribution in [0.2, 0.25) is 5.02 Å². The van der Waals surface area contributed by atoms with Crippen LogP contribution in [0.3, 0.4) is 0 Å². The van der Waals surface area contributed by atoms with E-state index >= 15 is 0 Å². The van der Waals surface area contributed by atoms with Crippen LogP contribution in [0, 0.1) is 11.8 Å². The number of primary amides is 1. The number of nitrogens with zero attached hydrogens (tertiary/aromatic N) is 1. The average Bonchev–Trinajstić information content (AvgIpc) is 2.41. The zero-order valence-corrected chi connectivity index (χ0v) is 11.1. The van der Waals surface area contributed by atoms with Crippen LogP contribution in [0.4, 0.5) is 14.5 Å². The van der Waals surface area contributed by atoms with Gasteiger partial charge in [-0.05, 0) is 24.3 Å². The lowest BCUT2D eigenvalue weighted by Crippen LogP contribution is -2.16. The first kappa shape index (κ1) is 14.9. The summed E-state index contributed by atoms with van der Waals surface area (Å²) in [5.74, 6) is -4.32. The van der Waals surface area contributed by atoms with Crippen molar-refractivity contribution in [2.45, 2.75) is 0 Å². The zero-order chi connectivity index (χ0) is 15.6. The smallest absolute Gasteiger partial charge is 0.258 e. The van der Waals surface area contributed by atoms with Crippen molar-refractivity contribution in [1.29, 1.82) is 0 Å². The van der Waals surface area contributed by atoms with E-state index < -0.39 is 29.1 Å². The van der Waals surface area contributed by atoms with Gasteiger partial charge in [0, 0.05) is 11.9 Å². The van der Waals surface area contributed by atoms with Crippen molar-refractivity contribution < 1.29 is 18.4 Å². The van der Waals surface area contributed by atoms with E-state index in [9.17, 15) is 18.4 Å². The summed E-state index contributed by atoms with van der Waals surface area (Å²) in [6, 6.07) is 4.98. The van der Waals surface area contributed by atoms with Gasteiger partial charge in [0.2, 0.25) is 11.9 Å². The van der Waals surface area contributed by atoms with E-state index in [0.29, 0.717) is 0 Å². The lowest BCUT2D eigenvalue weighted by atomic mass is 10.2. The molecule has 0 saturated heterocycles. The Labute approximate surface area is 122 Å². The molecule has 108 valence electrons. The number of hydrogen-bond acceptors (Lipinski definition) is 3. The summed E-state index contributed by atoms with van der Waals surface area (Å²) in [6.45, 7) is 0. The molecule has 21 heavy (non-hydrogen) atoms. The van der Waals surface area contributed by atoms with Crippen molar-refractivity contribution in [3.63, 3.8) is 0 Å². The molecule has 0 aliphatic rings. The highest BCUT2D eigenvalue weighted by atomic mass is 35.5. The van der Waals surface area contributed by atoms with Crippen molar-refractivity contribution in [3.8, 4) is 0 Å². The van der Waals surface area contributed by atoms with Gasteiger partial charge in [-0.3, -0.25) is 9.59 Å². The van der Waals surface area contributed by atoms with Crippen LogP contribution < -0.4 is 11.1 Å². The molecule has 0 bridgehead atoms. The monoisotopic (exact) mass is 311 g/mol. The number of amides is 2. The van der Waals surface area contributed by atoms with Gasteiger partial charge in [-0.1, -0.05) is 11.6 Å². The standard InChI is InChI=1S/C13H8ClF2N3O2/c14-9-5-6(1-2-7(9)12(17)20)19-13(21)8-3-4-18-11(16)10(8)15/h1-5H,(H2,17,20)(H,19,21). The molecule has 0 radical (unpaired) electrons. The summed E-state index contributed by atoms with van der Waals surface area (Å²) in [7, 11) is 0. The number of pyridine rings is 1. The molecule has 2 amide bonds. The third-order valence-electron chi connectivity index (χ3n) is 2.58. The Kier molecular flexibility index (Phi) is 4.13.